The van der Waals surface area contributed by atoms with Crippen LogP contribution in [0.3, 0.4) is 0 Å². The number of nitrogens with one attached hydrogen (secondary N) is 2. The number of likely N-dealkylation sites (N-methyl/N-ethyl adjacent to an activating group) is 1. The minimum absolute atomic E-state index is 0.127. The Balaban J connectivity index is 1.98. The highest BCUT2D eigenvalue weighted by Gasteiger charge is 2.19. The molecule has 0 fully saturated rings. The SMILES string of the molecule is CNC(=O)c1ccc(CN(C)[C@@H](C)C(=O)Nc2ccc(Cl)cc2Cl)cc1. The molecule has 0 saturated carbocycles. The van der Waals surface area contributed by atoms with Crippen LogP contribution in [0.15, 0.2) is 42.5 Å². The third-order valence-electron chi connectivity index (χ3n) is 4.10. The van der Waals surface area contributed by atoms with Crippen molar-refractivity contribution in [3.8, 4) is 0 Å². The van der Waals surface area contributed by atoms with Gasteiger partial charge in [0.25, 0.3) is 5.91 Å². The van der Waals surface area contributed by atoms with Crippen molar-refractivity contribution in [3.63, 3.8) is 0 Å². The number of anilines is 1. The molecular formula is C19H21Cl2N3O2. The number of rotatable bonds is 6. The smallest absolute Gasteiger partial charge is 0.251 e. The van der Waals surface area contributed by atoms with Crippen LogP contribution in [0, 0.1) is 0 Å². The van der Waals surface area contributed by atoms with Gasteiger partial charge in [-0.1, -0.05) is 35.3 Å². The monoisotopic (exact) mass is 393 g/mol. The van der Waals surface area contributed by atoms with Crippen LogP contribution in [0.4, 0.5) is 5.69 Å². The zero-order valence-corrected chi connectivity index (χ0v) is 16.4. The van der Waals surface area contributed by atoms with E-state index in [1.807, 2.05) is 31.0 Å². The van der Waals surface area contributed by atoms with Crippen molar-refractivity contribution in [2.24, 2.45) is 0 Å². The van der Waals surface area contributed by atoms with Crippen molar-refractivity contribution in [3.05, 3.63) is 63.6 Å². The zero-order valence-electron chi connectivity index (χ0n) is 14.8. The maximum Gasteiger partial charge on any atom is 0.251 e. The molecule has 0 aromatic heterocycles. The Morgan fingerprint density at radius 3 is 2.35 bits per heavy atom. The maximum absolute atomic E-state index is 12.5. The van der Waals surface area contributed by atoms with Crippen molar-refractivity contribution in [1.82, 2.24) is 10.2 Å². The fourth-order valence-corrected chi connectivity index (χ4v) is 2.81. The summed E-state index contributed by atoms with van der Waals surface area (Å²) in [6, 6.07) is 11.8. The Kier molecular flexibility index (Phi) is 7.03. The Morgan fingerprint density at radius 1 is 1.12 bits per heavy atom. The largest absolute Gasteiger partial charge is 0.355 e. The Morgan fingerprint density at radius 2 is 1.77 bits per heavy atom. The summed E-state index contributed by atoms with van der Waals surface area (Å²) in [4.78, 5) is 26.0. The molecule has 0 heterocycles. The molecule has 5 nitrogen and oxygen atoms in total. The van der Waals surface area contributed by atoms with E-state index in [0.717, 1.165) is 5.56 Å². The first-order chi connectivity index (χ1) is 12.3. The van der Waals surface area contributed by atoms with Crippen LogP contribution in [0.5, 0.6) is 0 Å². The molecule has 26 heavy (non-hydrogen) atoms. The van der Waals surface area contributed by atoms with E-state index in [4.69, 9.17) is 23.2 Å². The fourth-order valence-electron chi connectivity index (χ4n) is 2.36. The second-order valence-corrected chi connectivity index (χ2v) is 6.82. The molecule has 0 aliphatic heterocycles. The summed E-state index contributed by atoms with van der Waals surface area (Å²) in [5, 5.41) is 6.30. The van der Waals surface area contributed by atoms with Gasteiger partial charge in [0, 0.05) is 24.2 Å². The van der Waals surface area contributed by atoms with Gasteiger partial charge in [0.05, 0.1) is 16.8 Å². The summed E-state index contributed by atoms with van der Waals surface area (Å²) in [5.41, 5.74) is 2.13. The summed E-state index contributed by atoms with van der Waals surface area (Å²) in [6.07, 6.45) is 0. The van der Waals surface area contributed by atoms with Crippen LogP contribution < -0.4 is 10.6 Å². The summed E-state index contributed by atoms with van der Waals surface area (Å²) in [7, 11) is 3.46. The van der Waals surface area contributed by atoms with Gasteiger partial charge in [-0.25, -0.2) is 0 Å². The topological polar surface area (TPSA) is 61.4 Å². The lowest BCUT2D eigenvalue weighted by atomic mass is 10.1. The molecule has 0 saturated heterocycles. The van der Waals surface area contributed by atoms with E-state index in [0.29, 0.717) is 27.8 Å². The van der Waals surface area contributed by atoms with E-state index in [9.17, 15) is 9.59 Å². The summed E-state index contributed by atoms with van der Waals surface area (Å²) < 4.78 is 0. The number of benzene rings is 2. The lowest BCUT2D eigenvalue weighted by Crippen LogP contribution is -2.39. The first kappa shape index (κ1) is 20.2. The van der Waals surface area contributed by atoms with Crippen LogP contribution in [-0.2, 0) is 11.3 Å². The zero-order chi connectivity index (χ0) is 19.3. The summed E-state index contributed by atoms with van der Waals surface area (Å²) in [6.45, 7) is 2.38. The van der Waals surface area contributed by atoms with E-state index < -0.39 is 0 Å². The standard InChI is InChI=1S/C19H21Cl2N3O2/c1-12(18(25)23-17-9-8-15(20)10-16(17)21)24(3)11-13-4-6-14(7-5-13)19(26)22-2/h4-10,12H,11H2,1-3H3,(H,22,26)(H,23,25)/t12-/m0/s1. The first-order valence-electron chi connectivity index (χ1n) is 8.09. The summed E-state index contributed by atoms with van der Waals surface area (Å²) in [5.74, 6) is -0.295. The minimum atomic E-state index is -0.375. The van der Waals surface area contributed by atoms with Crippen LogP contribution in [0.25, 0.3) is 0 Å². The van der Waals surface area contributed by atoms with Gasteiger partial charge >= 0.3 is 0 Å². The number of nitrogens with zero attached hydrogens (tertiary/aromatic N) is 1. The van der Waals surface area contributed by atoms with Crippen molar-refractivity contribution >= 4 is 40.7 Å². The average molecular weight is 394 g/mol. The molecular weight excluding hydrogens is 373 g/mol. The predicted molar refractivity (Wildman–Crippen MR) is 106 cm³/mol. The van der Waals surface area contributed by atoms with Crippen LogP contribution in [0.2, 0.25) is 10.0 Å². The molecule has 0 radical (unpaired) electrons. The van der Waals surface area contributed by atoms with Crippen molar-refractivity contribution in [1.29, 1.82) is 0 Å². The quantitative estimate of drug-likeness (QED) is 0.783. The highest BCUT2D eigenvalue weighted by atomic mass is 35.5. The van der Waals surface area contributed by atoms with Crippen molar-refractivity contribution in [2.45, 2.75) is 19.5 Å². The lowest BCUT2D eigenvalue weighted by Gasteiger charge is -2.24. The molecule has 0 unspecified atom stereocenters. The van der Waals surface area contributed by atoms with Crippen LogP contribution in [0.1, 0.15) is 22.8 Å². The van der Waals surface area contributed by atoms with Gasteiger partial charge in [0.2, 0.25) is 5.91 Å². The summed E-state index contributed by atoms with van der Waals surface area (Å²) >= 11 is 12.0. The molecule has 0 bridgehead atoms. The molecule has 2 rings (SSSR count). The molecule has 2 aromatic carbocycles. The molecule has 0 aliphatic rings. The van der Waals surface area contributed by atoms with Gasteiger partial charge in [0.1, 0.15) is 0 Å². The Bertz CT molecular complexity index is 794. The third kappa shape index (κ3) is 5.21. The predicted octanol–water partition coefficient (Wildman–Crippen LogP) is 3.81. The van der Waals surface area contributed by atoms with Gasteiger partial charge in [0.15, 0.2) is 0 Å². The number of carbonyl (C=O) groups excluding carboxylic acids is 2. The van der Waals surface area contributed by atoms with Crippen LogP contribution >= 0.6 is 23.2 Å². The lowest BCUT2D eigenvalue weighted by molar-refractivity contribution is -0.120. The molecule has 0 aliphatic carbocycles. The van der Waals surface area contributed by atoms with E-state index >= 15 is 0 Å². The van der Waals surface area contributed by atoms with Gasteiger partial charge in [-0.05, 0) is 49.9 Å². The molecule has 2 N–H and O–H groups in total. The second kappa shape index (κ2) is 9.03. The van der Waals surface area contributed by atoms with E-state index in [2.05, 4.69) is 10.6 Å². The van der Waals surface area contributed by atoms with Gasteiger partial charge in [-0.15, -0.1) is 0 Å². The number of hydrogen-bond acceptors (Lipinski definition) is 3. The van der Waals surface area contributed by atoms with E-state index in [-0.39, 0.29) is 17.9 Å². The minimum Gasteiger partial charge on any atom is -0.355 e. The molecule has 7 heteroatoms. The molecule has 0 spiro atoms. The van der Waals surface area contributed by atoms with Crippen molar-refractivity contribution < 1.29 is 9.59 Å². The van der Waals surface area contributed by atoms with Gasteiger partial charge < -0.3 is 10.6 Å². The highest BCUT2D eigenvalue weighted by molar-refractivity contribution is 6.36. The normalized spacial score (nSPS) is 11.9. The van der Waals surface area contributed by atoms with Gasteiger partial charge in [-0.3, -0.25) is 14.5 Å². The maximum atomic E-state index is 12.5. The van der Waals surface area contributed by atoms with E-state index in [1.165, 1.54) is 0 Å². The average Bonchev–Trinajstić information content (AvgIpc) is 2.63. The van der Waals surface area contributed by atoms with E-state index in [1.54, 1.807) is 37.4 Å². The number of carbonyl (C=O) groups is 2. The number of halogens is 2. The second-order valence-electron chi connectivity index (χ2n) is 5.98. The number of amides is 2. The molecule has 1 atom stereocenters. The Labute approximate surface area is 163 Å². The van der Waals surface area contributed by atoms with Crippen molar-refractivity contribution in [2.75, 3.05) is 19.4 Å². The highest BCUT2D eigenvalue weighted by Crippen LogP contribution is 2.25. The molecule has 2 aromatic rings. The molecule has 138 valence electrons. The first-order valence-corrected chi connectivity index (χ1v) is 8.84. The van der Waals surface area contributed by atoms with Crippen LogP contribution in [-0.4, -0.2) is 36.9 Å². The Hall–Kier alpha value is -2.08. The molecule has 2 amide bonds. The fraction of sp³-hybridized carbons (Fsp3) is 0.263. The third-order valence-corrected chi connectivity index (χ3v) is 4.65. The number of hydrogen-bond donors (Lipinski definition) is 2. The van der Waals surface area contributed by atoms with Gasteiger partial charge in [-0.2, -0.15) is 0 Å².